The Bertz CT molecular complexity index is 1100. The number of phenolic OH excluding ortho intramolecular Hbond substituents is 1. The van der Waals surface area contributed by atoms with Gasteiger partial charge >= 0.3 is 0 Å². The number of halogens is 2. The van der Waals surface area contributed by atoms with E-state index in [4.69, 9.17) is 0 Å². The zero-order valence-electron chi connectivity index (χ0n) is 14.6. The normalized spacial score (nSPS) is 11.0. The number of amides is 1. The number of carbonyl (C=O) groups is 1. The van der Waals surface area contributed by atoms with E-state index in [1.165, 1.54) is 12.1 Å². The number of aromatic nitrogens is 2. The molecular formula is C18H13Br2N5O4. The van der Waals surface area contributed by atoms with E-state index in [0.717, 1.165) is 22.3 Å². The van der Waals surface area contributed by atoms with Gasteiger partial charge in [0.1, 0.15) is 5.75 Å². The summed E-state index contributed by atoms with van der Waals surface area (Å²) < 4.78 is 3.06. The van der Waals surface area contributed by atoms with E-state index in [-0.39, 0.29) is 22.7 Å². The van der Waals surface area contributed by atoms with Crippen molar-refractivity contribution in [1.82, 2.24) is 15.2 Å². The zero-order valence-corrected chi connectivity index (χ0v) is 17.8. The summed E-state index contributed by atoms with van der Waals surface area (Å²) in [6, 6.07) is 11.2. The summed E-state index contributed by atoms with van der Waals surface area (Å²) >= 11 is 6.67. The summed E-state index contributed by atoms with van der Waals surface area (Å²) in [6.07, 6.45) is 2.79. The third-order valence-corrected chi connectivity index (χ3v) is 4.89. The maximum absolute atomic E-state index is 12.3. The molecule has 3 aromatic rings. The van der Waals surface area contributed by atoms with Crippen LogP contribution in [0.15, 0.2) is 62.7 Å². The van der Waals surface area contributed by atoms with E-state index in [0.29, 0.717) is 11.0 Å². The lowest BCUT2D eigenvalue weighted by atomic mass is 10.2. The van der Waals surface area contributed by atoms with E-state index >= 15 is 0 Å². The van der Waals surface area contributed by atoms with Crippen LogP contribution in [0.25, 0.3) is 0 Å². The second-order valence-corrected chi connectivity index (χ2v) is 7.62. The standard InChI is InChI=1S/C18H13Br2N5O4/c19-13-3-1-11(2-4-13)9-24-10-15(20)17(23-24)18(27)22-21-8-12-7-14(25(28)29)5-6-16(12)26/h1-8,10,26H,9H2,(H,22,27)/b21-8-. The molecule has 1 amide bonds. The van der Waals surface area contributed by atoms with Crippen molar-refractivity contribution in [3.63, 3.8) is 0 Å². The maximum atomic E-state index is 12.3. The molecule has 0 unspecified atom stereocenters. The highest BCUT2D eigenvalue weighted by Crippen LogP contribution is 2.21. The van der Waals surface area contributed by atoms with Gasteiger partial charge in [0, 0.05) is 28.4 Å². The molecule has 0 saturated heterocycles. The van der Waals surface area contributed by atoms with Crippen LogP contribution in [-0.2, 0) is 6.54 Å². The van der Waals surface area contributed by atoms with Crippen molar-refractivity contribution >= 4 is 49.7 Å². The average molecular weight is 523 g/mol. The first-order valence-electron chi connectivity index (χ1n) is 8.11. The van der Waals surface area contributed by atoms with E-state index in [9.17, 15) is 20.0 Å². The molecule has 0 aliphatic heterocycles. The molecule has 0 atom stereocenters. The van der Waals surface area contributed by atoms with E-state index in [1.807, 2.05) is 24.3 Å². The largest absolute Gasteiger partial charge is 0.507 e. The number of nitrogens with zero attached hydrogens (tertiary/aromatic N) is 4. The fourth-order valence-electron chi connectivity index (χ4n) is 2.38. The zero-order chi connectivity index (χ0) is 21.0. The number of rotatable bonds is 6. The summed E-state index contributed by atoms with van der Waals surface area (Å²) in [5, 5.41) is 28.5. The van der Waals surface area contributed by atoms with E-state index < -0.39 is 10.8 Å². The second-order valence-electron chi connectivity index (χ2n) is 5.85. The van der Waals surface area contributed by atoms with Crippen LogP contribution >= 0.6 is 31.9 Å². The smallest absolute Gasteiger partial charge is 0.293 e. The van der Waals surface area contributed by atoms with Crippen LogP contribution in [0.5, 0.6) is 5.75 Å². The fourth-order valence-corrected chi connectivity index (χ4v) is 3.14. The molecule has 2 N–H and O–H groups in total. The van der Waals surface area contributed by atoms with Gasteiger partial charge in [-0.15, -0.1) is 0 Å². The summed E-state index contributed by atoms with van der Waals surface area (Å²) in [7, 11) is 0. The Hall–Kier alpha value is -3.05. The number of non-ortho nitro benzene ring substituents is 1. The van der Waals surface area contributed by atoms with Crippen molar-refractivity contribution in [3.05, 3.63) is 84.5 Å². The molecule has 1 heterocycles. The van der Waals surface area contributed by atoms with Crippen LogP contribution in [0.1, 0.15) is 21.6 Å². The molecule has 0 aliphatic carbocycles. The fraction of sp³-hybridized carbons (Fsp3) is 0.0556. The summed E-state index contributed by atoms with van der Waals surface area (Å²) in [5.41, 5.74) is 3.32. The molecule has 0 saturated carbocycles. The van der Waals surface area contributed by atoms with E-state index in [2.05, 4.69) is 47.5 Å². The molecule has 11 heteroatoms. The van der Waals surface area contributed by atoms with Gasteiger partial charge in [0.2, 0.25) is 0 Å². The Balaban J connectivity index is 1.69. The first-order chi connectivity index (χ1) is 13.8. The number of hydrazone groups is 1. The first-order valence-corrected chi connectivity index (χ1v) is 9.70. The van der Waals surface area contributed by atoms with Crippen LogP contribution in [0.3, 0.4) is 0 Å². The van der Waals surface area contributed by atoms with Crippen molar-refractivity contribution in [3.8, 4) is 5.75 Å². The molecule has 2 aromatic carbocycles. The molecule has 148 valence electrons. The van der Waals surface area contributed by atoms with Crippen LogP contribution in [-0.4, -0.2) is 31.9 Å². The van der Waals surface area contributed by atoms with Gasteiger partial charge in [0.25, 0.3) is 11.6 Å². The number of hydrogen-bond acceptors (Lipinski definition) is 6. The molecule has 3 rings (SSSR count). The third-order valence-electron chi connectivity index (χ3n) is 3.78. The summed E-state index contributed by atoms with van der Waals surface area (Å²) in [6.45, 7) is 0.476. The molecule has 29 heavy (non-hydrogen) atoms. The lowest BCUT2D eigenvalue weighted by molar-refractivity contribution is -0.384. The highest BCUT2D eigenvalue weighted by molar-refractivity contribution is 9.10. The number of nitrogens with one attached hydrogen (secondary N) is 1. The minimum absolute atomic E-state index is 0.0966. The number of phenols is 1. The SMILES string of the molecule is O=C(N/N=C\c1cc([N+](=O)[O-])ccc1O)c1nn(Cc2ccc(Br)cc2)cc1Br. The number of aromatic hydroxyl groups is 1. The Labute approximate surface area is 181 Å². The van der Waals surface area contributed by atoms with Gasteiger partial charge in [0.05, 0.1) is 22.2 Å². The van der Waals surface area contributed by atoms with Gasteiger partial charge in [-0.3, -0.25) is 19.6 Å². The minimum Gasteiger partial charge on any atom is -0.507 e. The minimum atomic E-state index is -0.593. The summed E-state index contributed by atoms with van der Waals surface area (Å²) in [4.78, 5) is 22.5. The topological polar surface area (TPSA) is 123 Å². The van der Waals surface area contributed by atoms with Crippen LogP contribution in [0.2, 0.25) is 0 Å². The van der Waals surface area contributed by atoms with Crippen molar-refractivity contribution < 1.29 is 14.8 Å². The van der Waals surface area contributed by atoms with Crippen molar-refractivity contribution in [2.24, 2.45) is 5.10 Å². The number of nitro benzene ring substituents is 1. The van der Waals surface area contributed by atoms with Gasteiger partial charge in [-0.2, -0.15) is 10.2 Å². The lowest BCUT2D eigenvalue weighted by Crippen LogP contribution is -2.19. The van der Waals surface area contributed by atoms with Crippen LogP contribution < -0.4 is 5.43 Å². The molecule has 0 fully saturated rings. The Morgan fingerprint density at radius 2 is 2.00 bits per heavy atom. The predicted octanol–water partition coefficient (Wildman–Crippen LogP) is 3.83. The Kier molecular flexibility index (Phi) is 6.39. The Morgan fingerprint density at radius 1 is 1.28 bits per heavy atom. The molecule has 0 spiro atoms. The molecule has 1 aromatic heterocycles. The molecule has 0 radical (unpaired) electrons. The number of hydrogen-bond donors (Lipinski definition) is 2. The van der Waals surface area contributed by atoms with Crippen LogP contribution in [0.4, 0.5) is 5.69 Å². The van der Waals surface area contributed by atoms with Gasteiger partial charge in [-0.25, -0.2) is 5.43 Å². The number of nitro groups is 1. The molecule has 0 bridgehead atoms. The van der Waals surface area contributed by atoms with Crippen molar-refractivity contribution in [1.29, 1.82) is 0 Å². The third kappa shape index (κ3) is 5.27. The lowest BCUT2D eigenvalue weighted by Gasteiger charge is -2.02. The van der Waals surface area contributed by atoms with Gasteiger partial charge < -0.3 is 5.11 Å². The van der Waals surface area contributed by atoms with Gasteiger partial charge in [-0.1, -0.05) is 28.1 Å². The molecular weight excluding hydrogens is 510 g/mol. The predicted molar refractivity (Wildman–Crippen MR) is 113 cm³/mol. The highest BCUT2D eigenvalue weighted by atomic mass is 79.9. The number of carbonyl (C=O) groups excluding carboxylic acids is 1. The van der Waals surface area contributed by atoms with E-state index in [1.54, 1.807) is 10.9 Å². The monoisotopic (exact) mass is 521 g/mol. The average Bonchev–Trinajstić information content (AvgIpc) is 3.05. The van der Waals surface area contributed by atoms with Crippen molar-refractivity contribution in [2.75, 3.05) is 0 Å². The van der Waals surface area contributed by atoms with Crippen LogP contribution in [0, 0.1) is 10.1 Å². The second kappa shape index (κ2) is 8.97. The summed E-state index contributed by atoms with van der Waals surface area (Å²) in [5.74, 6) is -0.777. The maximum Gasteiger partial charge on any atom is 0.293 e. The van der Waals surface area contributed by atoms with Crippen molar-refractivity contribution in [2.45, 2.75) is 6.54 Å². The van der Waals surface area contributed by atoms with Gasteiger partial charge in [0.15, 0.2) is 5.69 Å². The quantitative estimate of drug-likeness (QED) is 0.289. The first kappa shape index (κ1) is 20.7. The molecule has 0 aliphatic rings. The number of benzene rings is 2. The highest BCUT2D eigenvalue weighted by Gasteiger charge is 2.15. The van der Waals surface area contributed by atoms with Gasteiger partial charge in [-0.05, 0) is 39.7 Å². The Morgan fingerprint density at radius 3 is 2.69 bits per heavy atom. The molecule has 9 nitrogen and oxygen atoms in total.